The Balaban J connectivity index is 1.43. The lowest BCUT2D eigenvalue weighted by atomic mass is 10.1. The molecule has 1 fully saturated rings. The third-order valence-electron chi connectivity index (χ3n) is 5.76. The van der Waals surface area contributed by atoms with Crippen LogP contribution in [0.5, 0.6) is 5.75 Å². The highest BCUT2D eigenvalue weighted by Gasteiger charge is 2.30. The molecule has 4 rings (SSSR count). The van der Waals surface area contributed by atoms with Crippen molar-refractivity contribution in [2.75, 3.05) is 50.1 Å². The molecule has 2 amide bonds. The molecule has 0 radical (unpaired) electrons. The first-order valence-corrected chi connectivity index (χ1v) is 11.6. The van der Waals surface area contributed by atoms with E-state index in [0.717, 1.165) is 62.7 Å². The predicted molar refractivity (Wildman–Crippen MR) is 130 cm³/mol. The van der Waals surface area contributed by atoms with Gasteiger partial charge in [0.15, 0.2) is 0 Å². The van der Waals surface area contributed by atoms with Gasteiger partial charge in [0.05, 0.1) is 31.1 Å². The average molecular weight is 504 g/mol. The first-order valence-electron chi connectivity index (χ1n) is 11.6. The van der Waals surface area contributed by atoms with E-state index in [2.05, 4.69) is 20.6 Å². The highest BCUT2D eigenvalue weighted by molar-refractivity contribution is 6.00. The van der Waals surface area contributed by atoms with Gasteiger partial charge in [0.25, 0.3) is 0 Å². The molecule has 1 aliphatic rings. The molecule has 1 saturated heterocycles. The fourth-order valence-electron chi connectivity index (χ4n) is 3.93. The van der Waals surface area contributed by atoms with Gasteiger partial charge in [-0.25, -0.2) is 4.79 Å². The Bertz CT molecular complexity index is 1180. The molecule has 0 aliphatic carbocycles. The third kappa shape index (κ3) is 6.76. The van der Waals surface area contributed by atoms with Crippen molar-refractivity contribution < 1.29 is 27.4 Å². The number of nitrogens with zero attached hydrogens (tertiary/aromatic N) is 3. The summed E-state index contributed by atoms with van der Waals surface area (Å²) in [6.07, 6.45) is -1.98. The van der Waals surface area contributed by atoms with Crippen molar-refractivity contribution in [3.8, 4) is 17.0 Å². The number of hydrogen-bond acceptors (Lipinski definition) is 5. The highest BCUT2D eigenvalue weighted by Crippen LogP contribution is 2.33. The standard InChI is InChI=1S/C25H28F3N5O3/c1-32-22(8-9-29-32)21-17-20(6-7-23(21)36-13-3-10-33-11-14-35-15-12-33)31-24(34)30-19-5-2-4-18(16-19)25(26,27)28/h2,4-9,16-17H,3,10-15H2,1H3,(H2,30,31,34). The number of carbonyl (C=O) groups is 1. The molecule has 36 heavy (non-hydrogen) atoms. The number of halogens is 3. The second-order valence-corrected chi connectivity index (χ2v) is 8.36. The second-order valence-electron chi connectivity index (χ2n) is 8.36. The first kappa shape index (κ1) is 25.5. The minimum absolute atomic E-state index is 0.0365. The Kier molecular flexibility index (Phi) is 8.11. The number of nitrogens with one attached hydrogen (secondary N) is 2. The Morgan fingerprint density at radius 2 is 1.83 bits per heavy atom. The van der Waals surface area contributed by atoms with Crippen molar-refractivity contribution in [2.24, 2.45) is 7.05 Å². The van der Waals surface area contributed by atoms with E-state index in [1.54, 1.807) is 36.1 Å². The molecule has 11 heteroatoms. The molecule has 1 aromatic heterocycles. The molecule has 2 heterocycles. The van der Waals surface area contributed by atoms with Crippen LogP contribution in [0.2, 0.25) is 0 Å². The van der Waals surface area contributed by atoms with Crippen LogP contribution in [0, 0.1) is 0 Å². The molecule has 2 aromatic carbocycles. The number of urea groups is 1. The summed E-state index contributed by atoms with van der Waals surface area (Å²) in [5.41, 5.74) is 1.18. The summed E-state index contributed by atoms with van der Waals surface area (Å²) in [5, 5.41) is 9.33. The Hall–Kier alpha value is -3.57. The normalized spacial score (nSPS) is 14.4. The topological polar surface area (TPSA) is 80.7 Å². The summed E-state index contributed by atoms with van der Waals surface area (Å²) >= 11 is 0. The summed E-state index contributed by atoms with van der Waals surface area (Å²) in [6.45, 7) is 4.78. The van der Waals surface area contributed by atoms with Gasteiger partial charge in [-0.2, -0.15) is 18.3 Å². The zero-order chi connectivity index (χ0) is 25.5. The number of hydrogen-bond donors (Lipinski definition) is 2. The second kappa shape index (κ2) is 11.4. The summed E-state index contributed by atoms with van der Waals surface area (Å²) in [4.78, 5) is 14.8. The molecule has 8 nitrogen and oxygen atoms in total. The van der Waals surface area contributed by atoms with Crippen molar-refractivity contribution in [1.82, 2.24) is 14.7 Å². The van der Waals surface area contributed by atoms with Crippen LogP contribution >= 0.6 is 0 Å². The molecule has 192 valence electrons. The van der Waals surface area contributed by atoms with Crippen molar-refractivity contribution in [2.45, 2.75) is 12.6 Å². The zero-order valence-corrected chi connectivity index (χ0v) is 19.8. The monoisotopic (exact) mass is 503 g/mol. The Labute approximate surface area is 207 Å². The van der Waals surface area contributed by atoms with Gasteiger partial charge in [0.2, 0.25) is 0 Å². The Morgan fingerprint density at radius 1 is 1.08 bits per heavy atom. The van der Waals surface area contributed by atoms with E-state index in [1.165, 1.54) is 12.1 Å². The van der Waals surface area contributed by atoms with Gasteiger partial charge >= 0.3 is 12.2 Å². The van der Waals surface area contributed by atoms with Crippen LogP contribution in [-0.2, 0) is 18.0 Å². The number of rotatable bonds is 8. The highest BCUT2D eigenvalue weighted by atomic mass is 19.4. The summed E-state index contributed by atoms with van der Waals surface area (Å²) < 4.78 is 52.0. The number of ether oxygens (including phenoxy) is 2. The number of anilines is 2. The maximum Gasteiger partial charge on any atom is 0.416 e. The van der Waals surface area contributed by atoms with Gasteiger partial charge in [0.1, 0.15) is 5.75 Å². The molecule has 0 bridgehead atoms. The van der Waals surface area contributed by atoms with Gasteiger partial charge in [0, 0.05) is 49.8 Å². The fraction of sp³-hybridized carbons (Fsp3) is 0.360. The van der Waals surface area contributed by atoms with Crippen LogP contribution in [0.15, 0.2) is 54.7 Å². The van der Waals surface area contributed by atoms with Crippen LogP contribution in [0.3, 0.4) is 0 Å². The smallest absolute Gasteiger partial charge is 0.416 e. The van der Waals surface area contributed by atoms with Gasteiger partial charge < -0.3 is 20.1 Å². The maximum atomic E-state index is 13.0. The molecule has 0 atom stereocenters. The maximum absolute atomic E-state index is 13.0. The van der Waals surface area contributed by atoms with Crippen LogP contribution in [0.1, 0.15) is 12.0 Å². The van der Waals surface area contributed by atoms with E-state index >= 15 is 0 Å². The van der Waals surface area contributed by atoms with E-state index in [1.807, 2.05) is 6.07 Å². The van der Waals surface area contributed by atoms with Crippen LogP contribution in [0.25, 0.3) is 11.3 Å². The largest absolute Gasteiger partial charge is 0.493 e. The van der Waals surface area contributed by atoms with Crippen molar-refractivity contribution in [3.05, 3.63) is 60.3 Å². The summed E-state index contributed by atoms with van der Waals surface area (Å²) in [5.74, 6) is 0.643. The van der Waals surface area contributed by atoms with Gasteiger partial charge in [-0.05, 0) is 48.9 Å². The number of carbonyl (C=O) groups excluding carboxylic acids is 1. The number of morpholine rings is 1. The van der Waals surface area contributed by atoms with Crippen molar-refractivity contribution in [1.29, 1.82) is 0 Å². The number of aryl methyl sites for hydroxylation is 1. The molecule has 0 spiro atoms. The molecule has 3 aromatic rings. The summed E-state index contributed by atoms with van der Waals surface area (Å²) in [6, 6.07) is 10.8. The predicted octanol–water partition coefficient (Wildman–Crippen LogP) is 4.85. The van der Waals surface area contributed by atoms with Crippen molar-refractivity contribution in [3.63, 3.8) is 0 Å². The third-order valence-corrected chi connectivity index (χ3v) is 5.76. The molecular weight excluding hydrogens is 475 g/mol. The Morgan fingerprint density at radius 3 is 2.53 bits per heavy atom. The zero-order valence-electron chi connectivity index (χ0n) is 19.8. The van der Waals surface area contributed by atoms with Gasteiger partial charge in [-0.1, -0.05) is 6.07 Å². The summed E-state index contributed by atoms with van der Waals surface area (Å²) in [7, 11) is 1.80. The van der Waals surface area contributed by atoms with Gasteiger partial charge in [-0.15, -0.1) is 0 Å². The first-order chi connectivity index (χ1) is 17.3. The average Bonchev–Trinajstić information content (AvgIpc) is 3.28. The molecular formula is C25H28F3N5O3. The lowest BCUT2D eigenvalue weighted by molar-refractivity contribution is -0.137. The van der Waals surface area contributed by atoms with Gasteiger partial charge in [-0.3, -0.25) is 9.58 Å². The van der Waals surface area contributed by atoms with Crippen LogP contribution in [0.4, 0.5) is 29.3 Å². The van der Waals surface area contributed by atoms with Crippen LogP contribution in [-0.4, -0.2) is 60.2 Å². The minimum Gasteiger partial charge on any atom is -0.493 e. The van der Waals surface area contributed by atoms with E-state index in [9.17, 15) is 18.0 Å². The van der Waals surface area contributed by atoms with E-state index < -0.39 is 17.8 Å². The van der Waals surface area contributed by atoms with E-state index in [0.29, 0.717) is 18.0 Å². The van der Waals surface area contributed by atoms with Crippen LogP contribution < -0.4 is 15.4 Å². The SMILES string of the molecule is Cn1nccc1-c1cc(NC(=O)Nc2cccc(C(F)(F)F)c2)ccc1OCCCN1CCOCC1. The number of aromatic nitrogens is 2. The molecule has 2 N–H and O–H groups in total. The quantitative estimate of drug-likeness (QED) is 0.430. The fourth-order valence-corrected chi connectivity index (χ4v) is 3.93. The lowest BCUT2D eigenvalue weighted by Gasteiger charge is -2.26. The number of benzene rings is 2. The molecule has 1 aliphatic heterocycles. The lowest BCUT2D eigenvalue weighted by Crippen LogP contribution is -2.37. The minimum atomic E-state index is -4.50. The van der Waals surface area contributed by atoms with E-state index in [4.69, 9.17) is 9.47 Å². The number of alkyl halides is 3. The molecule has 0 saturated carbocycles. The molecule has 0 unspecified atom stereocenters. The van der Waals surface area contributed by atoms with E-state index in [-0.39, 0.29) is 5.69 Å². The number of amides is 2. The van der Waals surface area contributed by atoms with Crippen molar-refractivity contribution >= 4 is 17.4 Å².